The highest BCUT2D eigenvalue weighted by Gasteiger charge is 2.06. The van der Waals surface area contributed by atoms with Gasteiger partial charge < -0.3 is 15.2 Å². The molecule has 18 heavy (non-hydrogen) atoms. The number of methoxy groups -OCH3 is 1. The molecule has 0 aliphatic heterocycles. The van der Waals surface area contributed by atoms with Crippen molar-refractivity contribution in [2.75, 3.05) is 12.8 Å². The van der Waals surface area contributed by atoms with E-state index in [2.05, 4.69) is 4.98 Å². The molecule has 0 saturated heterocycles. The number of hydrogen-bond donors (Lipinski definition) is 1. The number of nitrogen functional groups attached to an aromatic ring is 1. The van der Waals surface area contributed by atoms with Crippen LogP contribution in [0.5, 0.6) is 17.5 Å². The summed E-state index contributed by atoms with van der Waals surface area (Å²) in [5, 5.41) is 0. The molecule has 2 N–H and O–H groups in total. The maximum atomic E-state index is 5.87. The molecule has 1 heterocycles. The summed E-state index contributed by atoms with van der Waals surface area (Å²) in [6.45, 7) is 3.94. The van der Waals surface area contributed by atoms with Crippen LogP contribution in [0.15, 0.2) is 30.3 Å². The molecule has 1 aromatic carbocycles. The molecule has 4 nitrogen and oxygen atoms in total. The Balaban J connectivity index is 2.30. The number of nitrogens with two attached hydrogens (primary N) is 1. The first kappa shape index (κ1) is 12.2. The third-order valence-electron chi connectivity index (χ3n) is 2.69. The van der Waals surface area contributed by atoms with E-state index < -0.39 is 0 Å². The molecule has 94 valence electrons. The number of nitrogens with zero attached hydrogens (tertiary/aromatic N) is 1. The van der Waals surface area contributed by atoms with Crippen molar-refractivity contribution in [3.8, 4) is 17.5 Å². The summed E-state index contributed by atoms with van der Waals surface area (Å²) >= 11 is 0. The number of aryl methyl sites for hydroxylation is 2. The third kappa shape index (κ3) is 2.53. The van der Waals surface area contributed by atoms with Gasteiger partial charge in [-0.15, -0.1) is 0 Å². The molecular weight excluding hydrogens is 228 g/mol. The number of ether oxygens (including phenoxy) is 2. The van der Waals surface area contributed by atoms with E-state index in [0.29, 0.717) is 23.2 Å². The van der Waals surface area contributed by atoms with Crippen LogP contribution in [0.3, 0.4) is 0 Å². The van der Waals surface area contributed by atoms with Crippen molar-refractivity contribution in [2.24, 2.45) is 0 Å². The zero-order chi connectivity index (χ0) is 13.1. The van der Waals surface area contributed by atoms with Gasteiger partial charge in [-0.3, -0.25) is 0 Å². The molecule has 0 unspecified atom stereocenters. The SMILES string of the molecule is COc1cccc(Oc2cc(N)c(C)cc2C)n1. The fourth-order valence-corrected chi connectivity index (χ4v) is 1.64. The molecule has 2 rings (SSSR count). The number of aromatic nitrogens is 1. The molecule has 0 bridgehead atoms. The highest BCUT2D eigenvalue weighted by molar-refractivity contribution is 5.54. The standard InChI is InChI=1S/C14H16N2O2/c1-9-7-10(2)12(8-11(9)15)18-14-6-4-5-13(16-14)17-3/h4-8H,15H2,1-3H3. The lowest BCUT2D eigenvalue weighted by molar-refractivity contribution is 0.383. The van der Waals surface area contributed by atoms with Gasteiger partial charge in [0.25, 0.3) is 0 Å². The maximum absolute atomic E-state index is 5.87. The summed E-state index contributed by atoms with van der Waals surface area (Å²) in [6.07, 6.45) is 0. The van der Waals surface area contributed by atoms with Crippen LogP contribution < -0.4 is 15.2 Å². The van der Waals surface area contributed by atoms with Crippen LogP contribution in [-0.4, -0.2) is 12.1 Å². The van der Waals surface area contributed by atoms with E-state index >= 15 is 0 Å². The van der Waals surface area contributed by atoms with Crippen LogP contribution >= 0.6 is 0 Å². The second kappa shape index (κ2) is 4.96. The predicted molar refractivity (Wildman–Crippen MR) is 71.2 cm³/mol. The van der Waals surface area contributed by atoms with E-state index in [1.807, 2.05) is 32.0 Å². The van der Waals surface area contributed by atoms with Gasteiger partial charge in [0, 0.05) is 23.9 Å². The van der Waals surface area contributed by atoms with Crippen LogP contribution in [0, 0.1) is 13.8 Å². The van der Waals surface area contributed by atoms with Gasteiger partial charge in [0.15, 0.2) is 0 Å². The number of pyridine rings is 1. The summed E-state index contributed by atoms with van der Waals surface area (Å²) in [4.78, 5) is 4.19. The quantitative estimate of drug-likeness (QED) is 0.843. The van der Waals surface area contributed by atoms with Crippen LogP contribution in [-0.2, 0) is 0 Å². The van der Waals surface area contributed by atoms with E-state index in [1.54, 1.807) is 19.2 Å². The summed E-state index contributed by atoms with van der Waals surface area (Å²) in [6, 6.07) is 9.17. The number of rotatable bonds is 3. The Bertz CT molecular complexity index is 568. The molecule has 0 fully saturated rings. The lowest BCUT2D eigenvalue weighted by Gasteiger charge is -2.11. The Morgan fingerprint density at radius 1 is 1.06 bits per heavy atom. The Hall–Kier alpha value is -2.23. The van der Waals surface area contributed by atoms with Gasteiger partial charge in [0.1, 0.15) is 5.75 Å². The van der Waals surface area contributed by atoms with E-state index in [4.69, 9.17) is 15.2 Å². The Labute approximate surface area is 106 Å². The first-order valence-corrected chi connectivity index (χ1v) is 5.66. The highest BCUT2D eigenvalue weighted by atomic mass is 16.5. The second-order valence-corrected chi connectivity index (χ2v) is 4.09. The molecule has 1 aromatic heterocycles. The molecule has 0 amide bonds. The zero-order valence-corrected chi connectivity index (χ0v) is 10.7. The van der Waals surface area contributed by atoms with E-state index in [9.17, 15) is 0 Å². The molecule has 0 aliphatic rings. The zero-order valence-electron chi connectivity index (χ0n) is 10.7. The average molecular weight is 244 g/mol. The Kier molecular flexibility index (Phi) is 3.37. The van der Waals surface area contributed by atoms with Crippen molar-refractivity contribution in [3.63, 3.8) is 0 Å². The fourth-order valence-electron chi connectivity index (χ4n) is 1.64. The number of benzene rings is 1. The molecule has 4 heteroatoms. The summed E-state index contributed by atoms with van der Waals surface area (Å²) in [5.74, 6) is 1.71. The number of hydrogen-bond acceptors (Lipinski definition) is 4. The highest BCUT2D eigenvalue weighted by Crippen LogP contribution is 2.28. The van der Waals surface area contributed by atoms with Crippen LogP contribution in [0.1, 0.15) is 11.1 Å². The average Bonchev–Trinajstić information content (AvgIpc) is 2.36. The number of anilines is 1. The van der Waals surface area contributed by atoms with Gasteiger partial charge in [-0.2, -0.15) is 4.98 Å². The van der Waals surface area contributed by atoms with E-state index in [-0.39, 0.29) is 0 Å². The normalized spacial score (nSPS) is 10.2. The van der Waals surface area contributed by atoms with Gasteiger partial charge in [0.05, 0.1) is 7.11 Å². The van der Waals surface area contributed by atoms with Crippen molar-refractivity contribution >= 4 is 5.69 Å². The van der Waals surface area contributed by atoms with Gasteiger partial charge in [0.2, 0.25) is 11.8 Å². The second-order valence-electron chi connectivity index (χ2n) is 4.09. The molecule has 0 atom stereocenters. The first-order chi connectivity index (χ1) is 8.60. The first-order valence-electron chi connectivity index (χ1n) is 5.66. The molecule has 2 aromatic rings. The lowest BCUT2D eigenvalue weighted by Crippen LogP contribution is -1.96. The molecule has 0 radical (unpaired) electrons. The van der Waals surface area contributed by atoms with Gasteiger partial charge >= 0.3 is 0 Å². The van der Waals surface area contributed by atoms with Crippen molar-refractivity contribution in [1.29, 1.82) is 0 Å². The van der Waals surface area contributed by atoms with Crippen LogP contribution in [0.4, 0.5) is 5.69 Å². The third-order valence-corrected chi connectivity index (χ3v) is 2.69. The van der Waals surface area contributed by atoms with E-state index in [1.165, 1.54) is 0 Å². The van der Waals surface area contributed by atoms with Crippen LogP contribution in [0.25, 0.3) is 0 Å². The van der Waals surface area contributed by atoms with Crippen molar-refractivity contribution in [3.05, 3.63) is 41.5 Å². The van der Waals surface area contributed by atoms with Gasteiger partial charge in [-0.1, -0.05) is 12.1 Å². The largest absolute Gasteiger partial charge is 0.481 e. The van der Waals surface area contributed by atoms with E-state index in [0.717, 1.165) is 11.1 Å². The van der Waals surface area contributed by atoms with Crippen molar-refractivity contribution in [2.45, 2.75) is 13.8 Å². The Morgan fingerprint density at radius 2 is 1.78 bits per heavy atom. The molecule has 0 spiro atoms. The predicted octanol–water partition coefficient (Wildman–Crippen LogP) is 3.08. The maximum Gasteiger partial charge on any atom is 0.222 e. The fraction of sp³-hybridized carbons (Fsp3) is 0.214. The monoisotopic (exact) mass is 244 g/mol. The smallest absolute Gasteiger partial charge is 0.222 e. The minimum absolute atomic E-state index is 0.487. The van der Waals surface area contributed by atoms with Gasteiger partial charge in [-0.25, -0.2) is 0 Å². The summed E-state index contributed by atoms with van der Waals surface area (Å²) < 4.78 is 10.8. The molecule has 0 aliphatic carbocycles. The Morgan fingerprint density at radius 3 is 2.50 bits per heavy atom. The molecular formula is C14H16N2O2. The summed E-state index contributed by atoms with van der Waals surface area (Å²) in [7, 11) is 1.57. The topological polar surface area (TPSA) is 57.4 Å². The molecule has 0 saturated carbocycles. The van der Waals surface area contributed by atoms with Gasteiger partial charge in [-0.05, 0) is 25.0 Å². The van der Waals surface area contributed by atoms with Crippen LogP contribution in [0.2, 0.25) is 0 Å². The van der Waals surface area contributed by atoms with Crippen molar-refractivity contribution < 1.29 is 9.47 Å². The summed E-state index contributed by atoms with van der Waals surface area (Å²) in [5.41, 5.74) is 8.64. The van der Waals surface area contributed by atoms with Crippen molar-refractivity contribution in [1.82, 2.24) is 4.98 Å². The minimum atomic E-state index is 0.487. The minimum Gasteiger partial charge on any atom is -0.481 e. The lowest BCUT2D eigenvalue weighted by atomic mass is 10.1.